The molecule has 0 spiro atoms. The summed E-state index contributed by atoms with van der Waals surface area (Å²) in [6.07, 6.45) is 0.791. The van der Waals surface area contributed by atoms with Crippen LogP contribution in [0.25, 0.3) is 0 Å². The standard InChI is InChI=1S/C11H12O4/c12-11(13)9-3-1-2-4-10(9)15-8-5-6-14-7-8/h1-4,8H,5-7H2,(H,12,13)/t8-/m0/s1. The van der Waals surface area contributed by atoms with E-state index >= 15 is 0 Å². The molecular formula is C11H12O4. The maximum absolute atomic E-state index is 10.9. The summed E-state index contributed by atoms with van der Waals surface area (Å²) >= 11 is 0. The van der Waals surface area contributed by atoms with E-state index in [1.807, 2.05) is 0 Å². The van der Waals surface area contributed by atoms with Gasteiger partial charge in [0.05, 0.1) is 13.2 Å². The normalized spacial score (nSPS) is 20.1. The van der Waals surface area contributed by atoms with Crippen molar-refractivity contribution in [3.63, 3.8) is 0 Å². The third-order valence-corrected chi connectivity index (χ3v) is 2.30. The van der Waals surface area contributed by atoms with Gasteiger partial charge in [0, 0.05) is 6.42 Å². The van der Waals surface area contributed by atoms with Crippen molar-refractivity contribution in [2.75, 3.05) is 13.2 Å². The molecule has 1 saturated heterocycles. The van der Waals surface area contributed by atoms with E-state index in [-0.39, 0.29) is 11.7 Å². The number of hydrogen-bond acceptors (Lipinski definition) is 3. The first-order chi connectivity index (χ1) is 7.27. The Hall–Kier alpha value is -1.55. The molecule has 0 unspecified atom stereocenters. The fourth-order valence-electron chi connectivity index (χ4n) is 1.53. The summed E-state index contributed by atoms with van der Waals surface area (Å²) in [6, 6.07) is 6.65. The third-order valence-electron chi connectivity index (χ3n) is 2.30. The summed E-state index contributed by atoms with van der Waals surface area (Å²) in [7, 11) is 0. The topological polar surface area (TPSA) is 55.8 Å². The molecule has 80 valence electrons. The van der Waals surface area contributed by atoms with Gasteiger partial charge >= 0.3 is 5.97 Å². The van der Waals surface area contributed by atoms with E-state index < -0.39 is 5.97 Å². The number of aromatic carboxylic acids is 1. The molecule has 4 nitrogen and oxygen atoms in total. The first-order valence-corrected chi connectivity index (χ1v) is 4.84. The van der Waals surface area contributed by atoms with Gasteiger partial charge in [-0.25, -0.2) is 4.79 Å². The van der Waals surface area contributed by atoms with E-state index in [0.717, 1.165) is 6.42 Å². The highest BCUT2D eigenvalue weighted by Crippen LogP contribution is 2.21. The van der Waals surface area contributed by atoms with E-state index in [1.54, 1.807) is 18.2 Å². The molecule has 1 aromatic carbocycles. The number of hydrogen-bond donors (Lipinski definition) is 1. The van der Waals surface area contributed by atoms with Crippen LogP contribution in [0.3, 0.4) is 0 Å². The summed E-state index contributed by atoms with van der Waals surface area (Å²) in [5.74, 6) is -0.551. The first-order valence-electron chi connectivity index (χ1n) is 4.84. The predicted octanol–water partition coefficient (Wildman–Crippen LogP) is 1.55. The smallest absolute Gasteiger partial charge is 0.339 e. The maximum atomic E-state index is 10.9. The van der Waals surface area contributed by atoms with Crippen LogP contribution >= 0.6 is 0 Å². The van der Waals surface area contributed by atoms with Crippen molar-refractivity contribution in [3.8, 4) is 5.75 Å². The Kier molecular flexibility index (Phi) is 2.87. The van der Waals surface area contributed by atoms with Gasteiger partial charge in [-0.1, -0.05) is 12.1 Å². The number of carbonyl (C=O) groups is 1. The summed E-state index contributed by atoms with van der Waals surface area (Å²) in [5, 5.41) is 8.93. The van der Waals surface area contributed by atoms with Gasteiger partial charge < -0.3 is 14.6 Å². The molecule has 1 atom stereocenters. The summed E-state index contributed by atoms with van der Waals surface area (Å²) in [6.45, 7) is 1.22. The molecule has 0 aromatic heterocycles. The Morgan fingerprint density at radius 3 is 2.93 bits per heavy atom. The number of rotatable bonds is 3. The van der Waals surface area contributed by atoms with Crippen molar-refractivity contribution in [1.29, 1.82) is 0 Å². The molecule has 1 N–H and O–H groups in total. The molecule has 4 heteroatoms. The van der Waals surface area contributed by atoms with Gasteiger partial charge in [-0.2, -0.15) is 0 Å². The van der Waals surface area contributed by atoms with Crippen LogP contribution in [0, 0.1) is 0 Å². The fraction of sp³-hybridized carbons (Fsp3) is 0.364. The van der Waals surface area contributed by atoms with Crippen LogP contribution in [0.2, 0.25) is 0 Å². The molecule has 2 rings (SSSR count). The molecule has 0 bridgehead atoms. The van der Waals surface area contributed by atoms with Crippen LogP contribution in [0.1, 0.15) is 16.8 Å². The molecule has 1 aromatic rings. The highest BCUT2D eigenvalue weighted by molar-refractivity contribution is 5.90. The number of ether oxygens (including phenoxy) is 2. The highest BCUT2D eigenvalue weighted by Gasteiger charge is 2.19. The number of para-hydroxylation sites is 1. The van der Waals surface area contributed by atoms with Crippen molar-refractivity contribution in [1.82, 2.24) is 0 Å². The molecule has 0 saturated carbocycles. The minimum atomic E-state index is -0.968. The SMILES string of the molecule is O=C(O)c1ccccc1O[C@H]1CCOC1. The number of carboxylic acids is 1. The molecule has 1 aliphatic rings. The molecular weight excluding hydrogens is 196 g/mol. The van der Waals surface area contributed by atoms with E-state index in [9.17, 15) is 4.79 Å². The zero-order valence-corrected chi connectivity index (χ0v) is 8.18. The van der Waals surface area contributed by atoms with Crippen LogP contribution in [0.5, 0.6) is 5.75 Å². The lowest BCUT2D eigenvalue weighted by Gasteiger charge is -2.13. The van der Waals surface area contributed by atoms with Gasteiger partial charge in [0.2, 0.25) is 0 Å². The largest absolute Gasteiger partial charge is 0.487 e. The van der Waals surface area contributed by atoms with Crippen molar-refractivity contribution in [2.24, 2.45) is 0 Å². The van der Waals surface area contributed by atoms with Crippen molar-refractivity contribution in [2.45, 2.75) is 12.5 Å². The van der Waals surface area contributed by atoms with E-state index in [1.165, 1.54) is 6.07 Å². The van der Waals surface area contributed by atoms with Gasteiger partial charge in [-0.05, 0) is 12.1 Å². The average Bonchev–Trinajstić information content (AvgIpc) is 2.71. The Morgan fingerprint density at radius 1 is 1.47 bits per heavy atom. The van der Waals surface area contributed by atoms with E-state index in [2.05, 4.69) is 0 Å². The lowest BCUT2D eigenvalue weighted by Crippen LogP contribution is -2.17. The molecule has 1 heterocycles. The first kappa shape index (κ1) is 9.98. The molecule has 0 aliphatic carbocycles. The lowest BCUT2D eigenvalue weighted by molar-refractivity contribution is 0.0687. The minimum absolute atomic E-state index is 0.0227. The zero-order valence-electron chi connectivity index (χ0n) is 8.18. The molecule has 0 radical (unpaired) electrons. The van der Waals surface area contributed by atoms with Crippen LogP contribution < -0.4 is 4.74 Å². The van der Waals surface area contributed by atoms with Crippen molar-refractivity contribution >= 4 is 5.97 Å². The predicted molar refractivity (Wildman–Crippen MR) is 53.3 cm³/mol. The summed E-state index contributed by atoms with van der Waals surface area (Å²) in [4.78, 5) is 10.9. The van der Waals surface area contributed by atoms with E-state index in [0.29, 0.717) is 19.0 Å². The van der Waals surface area contributed by atoms with Crippen LogP contribution in [0.4, 0.5) is 0 Å². The Labute approximate surface area is 87.4 Å². The van der Waals surface area contributed by atoms with Gasteiger partial charge in [-0.3, -0.25) is 0 Å². The van der Waals surface area contributed by atoms with Crippen molar-refractivity contribution in [3.05, 3.63) is 29.8 Å². The third kappa shape index (κ3) is 2.27. The average molecular weight is 208 g/mol. The monoisotopic (exact) mass is 208 g/mol. The second-order valence-corrected chi connectivity index (χ2v) is 3.40. The fourth-order valence-corrected chi connectivity index (χ4v) is 1.53. The summed E-state index contributed by atoms with van der Waals surface area (Å²) in [5.41, 5.74) is 0.199. The number of benzene rings is 1. The molecule has 1 aliphatic heterocycles. The zero-order chi connectivity index (χ0) is 10.7. The van der Waals surface area contributed by atoms with Gasteiger partial charge in [0.15, 0.2) is 0 Å². The quantitative estimate of drug-likeness (QED) is 0.818. The maximum Gasteiger partial charge on any atom is 0.339 e. The molecule has 15 heavy (non-hydrogen) atoms. The summed E-state index contributed by atoms with van der Waals surface area (Å²) < 4.78 is 10.7. The van der Waals surface area contributed by atoms with Crippen LogP contribution in [-0.4, -0.2) is 30.4 Å². The van der Waals surface area contributed by atoms with Crippen molar-refractivity contribution < 1.29 is 19.4 Å². The lowest BCUT2D eigenvalue weighted by atomic mass is 10.2. The van der Waals surface area contributed by atoms with Gasteiger partial charge in [0.25, 0.3) is 0 Å². The van der Waals surface area contributed by atoms with Gasteiger partial charge in [-0.15, -0.1) is 0 Å². The second kappa shape index (κ2) is 4.31. The second-order valence-electron chi connectivity index (χ2n) is 3.40. The Balaban J connectivity index is 2.15. The van der Waals surface area contributed by atoms with Crippen LogP contribution in [-0.2, 0) is 4.74 Å². The Morgan fingerprint density at radius 2 is 2.27 bits per heavy atom. The molecule has 0 amide bonds. The highest BCUT2D eigenvalue weighted by atomic mass is 16.5. The van der Waals surface area contributed by atoms with Gasteiger partial charge in [0.1, 0.15) is 17.4 Å². The molecule has 1 fully saturated rings. The Bertz CT molecular complexity index is 355. The van der Waals surface area contributed by atoms with E-state index in [4.69, 9.17) is 14.6 Å². The van der Waals surface area contributed by atoms with Crippen LogP contribution in [0.15, 0.2) is 24.3 Å². The number of carboxylic acid groups (broad SMARTS) is 1. The minimum Gasteiger partial charge on any atom is -0.487 e.